The Morgan fingerprint density at radius 1 is 1.04 bits per heavy atom. The fourth-order valence-electron chi connectivity index (χ4n) is 3.95. The van der Waals surface area contributed by atoms with Crippen LogP contribution in [0.1, 0.15) is 35.7 Å². The van der Waals surface area contributed by atoms with Crippen molar-refractivity contribution in [3.63, 3.8) is 0 Å². The number of nitrogens with zero attached hydrogens (tertiary/aromatic N) is 2. The highest BCUT2D eigenvalue weighted by Gasteiger charge is 2.39. The SMILES string of the molecule is CCCc1ccc(C(=O)N2C[C@H](C(=O)O)C[C@@H](C(=O)N3CCOCC3)C2)cc1. The zero-order valence-electron chi connectivity index (χ0n) is 16.3. The molecule has 0 aliphatic carbocycles. The molecule has 1 aromatic carbocycles. The predicted octanol–water partition coefficient (Wildman–Crippen LogP) is 1.66. The second kappa shape index (κ2) is 9.19. The van der Waals surface area contributed by atoms with Crippen LogP contribution in [0.5, 0.6) is 0 Å². The summed E-state index contributed by atoms with van der Waals surface area (Å²) in [6.07, 6.45) is 2.26. The second-order valence-corrected chi connectivity index (χ2v) is 7.56. The fourth-order valence-corrected chi connectivity index (χ4v) is 3.95. The molecular weight excluding hydrogens is 360 g/mol. The summed E-state index contributed by atoms with van der Waals surface area (Å²) in [5, 5.41) is 9.53. The molecular formula is C21H28N2O5. The Bertz CT molecular complexity index is 712. The van der Waals surface area contributed by atoms with Crippen molar-refractivity contribution in [1.82, 2.24) is 9.80 Å². The monoisotopic (exact) mass is 388 g/mol. The standard InChI is InChI=1S/C21H28N2O5/c1-2-3-15-4-6-16(7-5-15)19(24)23-13-17(12-18(14-23)21(26)27)20(25)22-8-10-28-11-9-22/h4-7,17-18H,2-3,8-14H2,1H3,(H,26,27)/t17-,18-/m1/s1. The molecule has 7 heteroatoms. The number of morpholine rings is 1. The van der Waals surface area contributed by atoms with Gasteiger partial charge in [0.15, 0.2) is 0 Å². The number of rotatable bonds is 5. The second-order valence-electron chi connectivity index (χ2n) is 7.56. The Balaban J connectivity index is 1.74. The number of piperidine rings is 1. The lowest BCUT2D eigenvalue weighted by atomic mass is 9.87. The van der Waals surface area contributed by atoms with Crippen LogP contribution in [0, 0.1) is 11.8 Å². The van der Waals surface area contributed by atoms with E-state index in [9.17, 15) is 19.5 Å². The average Bonchev–Trinajstić information content (AvgIpc) is 2.73. The highest BCUT2D eigenvalue weighted by Crippen LogP contribution is 2.26. The lowest BCUT2D eigenvalue weighted by Crippen LogP contribution is -2.52. The number of aliphatic carboxylic acids is 1. The lowest BCUT2D eigenvalue weighted by Gasteiger charge is -2.38. The first kappa shape index (κ1) is 20.3. The number of carbonyl (C=O) groups is 3. The lowest BCUT2D eigenvalue weighted by molar-refractivity contribution is -0.148. The topological polar surface area (TPSA) is 87.2 Å². The summed E-state index contributed by atoms with van der Waals surface area (Å²) < 4.78 is 5.29. The molecule has 0 radical (unpaired) electrons. The molecule has 0 aromatic heterocycles. The zero-order valence-corrected chi connectivity index (χ0v) is 16.3. The third-order valence-electron chi connectivity index (χ3n) is 5.50. The van der Waals surface area contributed by atoms with Gasteiger partial charge in [-0.1, -0.05) is 25.5 Å². The van der Waals surface area contributed by atoms with E-state index in [-0.39, 0.29) is 31.3 Å². The smallest absolute Gasteiger partial charge is 0.308 e. The third-order valence-corrected chi connectivity index (χ3v) is 5.50. The summed E-state index contributed by atoms with van der Waals surface area (Å²) in [4.78, 5) is 40.7. The van der Waals surface area contributed by atoms with Crippen molar-refractivity contribution < 1.29 is 24.2 Å². The summed E-state index contributed by atoms with van der Waals surface area (Å²) in [6.45, 7) is 4.51. The number of likely N-dealkylation sites (tertiary alicyclic amines) is 1. The van der Waals surface area contributed by atoms with Crippen LogP contribution in [0.15, 0.2) is 24.3 Å². The third kappa shape index (κ3) is 4.70. The number of hydrogen-bond acceptors (Lipinski definition) is 4. The molecule has 0 bridgehead atoms. The van der Waals surface area contributed by atoms with E-state index in [2.05, 4.69) is 6.92 Å². The van der Waals surface area contributed by atoms with Gasteiger partial charge in [-0.25, -0.2) is 0 Å². The molecule has 28 heavy (non-hydrogen) atoms. The molecule has 0 saturated carbocycles. The van der Waals surface area contributed by atoms with Crippen LogP contribution in [0.3, 0.4) is 0 Å². The minimum Gasteiger partial charge on any atom is -0.481 e. The number of ether oxygens (including phenoxy) is 1. The van der Waals surface area contributed by atoms with Crippen molar-refractivity contribution in [1.29, 1.82) is 0 Å². The normalized spacial score (nSPS) is 22.8. The van der Waals surface area contributed by atoms with Crippen molar-refractivity contribution in [2.45, 2.75) is 26.2 Å². The summed E-state index contributed by atoms with van der Waals surface area (Å²) in [7, 11) is 0. The van der Waals surface area contributed by atoms with Gasteiger partial charge in [0.25, 0.3) is 5.91 Å². The molecule has 152 valence electrons. The molecule has 1 aromatic rings. The van der Waals surface area contributed by atoms with E-state index < -0.39 is 17.8 Å². The summed E-state index contributed by atoms with van der Waals surface area (Å²) in [5.41, 5.74) is 1.70. The van der Waals surface area contributed by atoms with Gasteiger partial charge in [-0.3, -0.25) is 14.4 Å². The number of benzene rings is 1. The minimum atomic E-state index is -0.962. The molecule has 2 heterocycles. The van der Waals surface area contributed by atoms with Gasteiger partial charge in [0, 0.05) is 31.7 Å². The highest BCUT2D eigenvalue weighted by molar-refractivity contribution is 5.95. The van der Waals surface area contributed by atoms with Crippen molar-refractivity contribution >= 4 is 17.8 Å². The Hall–Kier alpha value is -2.41. The largest absolute Gasteiger partial charge is 0.481 e. The van der Waals surface area contributed by atoms with Crippen LogP contribution in [-0.4, -0.2) is 72.1 Å². The molecule has 2 atom stereocenters. The number of carboxylic acids is 1. The summed E-state index contributed by atoms with van der Waals surface area (Å²) >= 11 is 0. The van der Waals surface area contributed by atoms with E-state index in [1.807, 2.05) is 12.1 Å². The van der Waals surface area contributed by atoms with E-state index in [0.29, 0.717) is 31.9 Å². The van der Waals surface area contributed by atoms with Crippen molar-refractivity contribution in [2.75, 3.05) is 39.4 Å². The van der Waals surface area contributed by atoms with Crippen molar-refractivity contribution in [3.05, 3.63) is 35.4 Å². The van der Waals surface area contributed by atoms with Crippen LogP contribution >= 0.6 is 0 Å². The van der Waals surface area contributed by atoms with Gasteiger partial charge < -0.3 is 19.6 Å². The molecule has 2 saturated heterocycles. The van der Waals surface area contributed by atoms with Gasteiger partial charge in [-0.15, -0.1) is 0 Å². The predicted molar refractivity (Wildman–Crippen MR) is 103 cm³/mol. The molecule has 2 aliphatic heterocycles. The van der Waals surface area contributed by atoms with Gasteiger partial charge in [-0.05, 0) is 30.5 Å². The molecule has 0 spiro atoms. The first-order valence-electron chi connectivity index (χ1n) is 9.97. The number of hydrogen-bond donors (Lipinski definition) is 1. The Morgan fingerprint density at radius 3 is 2.29 bits per heavy atom. The maximum absolute atomic E-state index is 13.0. The van der Waals surface area contributed by atoms with Crippen molar-refractivity contribution in [3.8, 4) is 0 Å². The van der Waals surface area contributed by atoms with Crippen LogP contribution in [0.25, 0.3) is 0 Å². The average molecular weight is 388 g/mol. The molecule has 3 rings (SSSR count). The summed E-state index contributed by atoms with van der Waals surface area (Å²) in [6, 6.07) is 7.45. The Morgan fingerprint density at radius 2 is 1.68 bits per heavy atom. The van der Waals surface area contributed by atoms with E-state index in [4.69, 9.17) is 4.74 Å². The van der Waals surface area contributed by atoms with Crippen LogP contribution in [0.4, 0.5) is 0 Å². The quantitative estimate of drug-likeness (QED) is 0.829. The number of carboxylic acid groups (broad SMARTS) is 1. The molecule has 2 aliphatic rings. The summed E-state index contributed by atoms with van der Waals surface area (Å²) in [5.74, 6) is -2.47. The molecule has 2 fully saturated rings. The van der Waals surface area contributed by atoms with E-state index in [1.165, 1.54) is 10.5 Å². The maximum atomic E-state index is 13.0. The van der Waals surface area contributed by atoms with Crippen LogP contribution in [-0.2, 0) is 20.7 Å². The van der Waals surface area contributed by atoms with Gasteiger partial charge >= 0.3 is 5.97 Å². The highest BCUT2D eigenvalue weighted by atomic mass is 16.5. The first-order chi connectivity index (χ1) is 13.5. The first-order valence-corrected chi connectivity index (χ1v) is 9.97. The van der Waals surface area contributed by atoms with Gasteiger partial charge in [0.05, 0.1) is 25.0 Å². The molecule has 1 N–H and O–H groups in total. The zero-order chi connectivity index (χ0) is 20.1. The van der Waals surface area contributed by atoms with E-state index in [1.54, 1.807) is 17.0 Å². The maximum Gasteiger partial charge on any atom is 0.308 e. The number of carbonyl (C=O) groups excluding carboxylic acids is 2. The minimum absolute atomic E-state index is 0.0784. The molecule has 0 unspecified atom stereocenters. The molecule has 2 amide bonds. The van der Waals surface area contributed by atoms with Gasteiger partial charge in [-0.2, -0.15) is 0 Å². The van der Waals surface area contributed by atoms with Gasteiger partial charge in [0.1, 0.15) is 0 Å². The Labute approximate surface area is 165 Å². The number of amides is 2. The molecule has 7 nitrogen and oxygen atoms in total. The van der Waals surface area contributed by atoms with E-state index in [0.717, 1.165) is 12.8 Å². The fraction of sp³-hybridized carbons (Fsp3) is 0.571. The van der Waals surface area contributed by atoms with E-state index >= 15 is 0 Å². The van der Waals surface area contributed by atoms with Gasteiger partial charge in [0.2, 0.25) is 5.91 Å². The van der Waals surface area contributed by atoms with Crippen LogP contribution < -0.4 is 0 Å². The Kier molecular flexibility index (Phi) is 6.67. The number of aryl methyl sites for hydroxylation is 1. The van der Waals surface area contributed by atoms with Crippen molar-refractivity contribution in [2.24, 2.45) is 11.8 Å². The van der Waals surface area contributed by atoms with Crippen LogP contribution in [0.2, 0.25) is 0 Å².